The molecule has 0 heterocycles. The van der Waals surface area contributed by atoms with Crippen LogP contribution >= 0.6 is 0 Å². The van der Waals surface area contributed by atoms with Gasteiger partial charge in [0.1, 0.15) is 12.5 Å². The third kappa shape index (κ3) is 6.24. The van der Waals surface area contributed by atoms with Crippen LogP contribution in [0.2, 0.25) is 0 Å². The third-order valence-electron chi connectivity index (χ3n) is 3.85. The molecule has 0 aliphatic rings. The molecule has 0 saturated heterocycles. The molecule has 0 bridgehead atoms. The van der Waals surface area contributed by atoms with Gasteiger partial charge in [-0.3, -0.25) is 4.79 Å². The zero-order chi connectivity index (χ0) is 20.1. The van der Waals surface area contributed by atoms with Gasteiger partial charge in [0, 0.05) is 11.3 Å². The summed E-state index contributed by atoms with van der Waals surface area (Å²) >= 11 is 0. The van der Waals surface area contributed by atoms with Gasteiger partial charge in [0.15, 0.2) is 11.6 Å². The molecule has 8 heteroatoms. The first-order valence-electron chi connectivity index (χ1n) is 8.37. The van der Waals surface area contributed by atoms with E-state index in [9.17, 15) is 18.7 Å². The van der Waals surface area contributed by atoms with E-state index in [2.05, 4.69) is 16.7 Å². The second kappa shape index (κ2) is 10.3. The third-order valence-corrected chi connectivity index (χ3v) is 3.85. The normalized spacial score (nSPS) is 10.0. The maximum absolute atomic E-state index is 13.2. The molecule has 3 aromatic rings. The van der Waals surface area contributed by atoms with E-state index < -0.39 is 17.5 Å². The summed E-state index contributed by atoms with van der Waals surface area (Å²) in [6, 6.07) is 15.9. The Morgan fingerprint density at radius 2 is 1.93 bits per heavy atom. The Kier molecular flexibility index (Phi) is 8.11. The van der Waals surface area contributed by atoms with Crippen LogP contribution in [0.15, 0.2) is 54.6 Å². The Bertz CT molecular complexity index is 1010. The molecule has 29 heavy (non-hydrogen) atoms. The Morgan fingerprint density at radius 1 is 1.14 bits per heavy atom. The van der Waals surface area contributed by atoms with Crippen molar-refractivity contribution >= 4 is 17.3 Å². The van der Waals surface area contributed by atoms with Gasteiger partial charge in [0.25, 0.3) is 5.91 Å². The molecular formula is C21H17F2N2O3Y+2. The SMILES string of the molecule is Cc1cccc(OCNc2c[c-]c(NC(=O)c3ccc(F)c(F)c3)cc2O)c1.[Y+3]. The Morgan fingerprint density at radius 3 is 2.62 bits per heavy atom. The molecule has 0 saturated carbocycles. The second-order valence-corrected chi connectivity index (χ2v) is 6.01. The second-order valence-electron chi connectivity index (χ2n) is 6.01. The van der Waals surface area contributed by atoms with Crippen LogP contribution in [0, 0.1) is 24.6 Å². The smallest absolute Gasteiger partial charge is 0.531 e. The number of amides is 1. The number of aromatic hydroxyl groups is 1. The summed E-state index contributed by atoms with van der Waals surface area (Å²) in [7, 11) is 0. The van der Waals surface area contributed by atoms with Crippen LogP contribution in [-0.2, 0) is 32.7 Å². The van der Waals surface area contributed by atoms with E-state index >= 15 is 0 Å². The molecule has 3 aromatic carbocycles. The van der Waals surface area contributed by atoms with Crippen molar-refractivity contribution in [2.45, 2.75) is 6.92 Å². The first-order valence-corrected chi connectivity index (χ1v) is 8.37. The van der Waals surface area contributed by atoms with Crippen molar-refractivity contribution in [3.63, 3.8) is 0 Å². The Hall–Kier alpha value is -2.51. The van der Waals surface area contributed by atoms with Crippen molar-refractivity contribution in [1.82, 2.24) is 0 Å². The number of rotatable bonds is 6. The van der Waals surface area contributed by atoms with E-state index in [0.29, 0.717) is 11.4 Å². The molecule has 0 spiro atoms. The van der Waals surface area contributed by atoms with E-state index in [1.54, 1.807) is 0 Å². The van der Waals surface area contributed by atoms with Gasteiger partial charge in [-0.25, -0.2) is 8.78 Å². The number of halogens is 2. The average molecular weight is 472 g/mol. The molecule has 0 aromatic heterocycles. The van der Waals surface area contributed by atoms with Gasteiger partial charge < -0.3 is 20.5 Å². The summed E-state index contributed by atoms with van der Waals surface area (Å²) in [6.45, 7) is 2.07. The summed E-state index contributed by atoms with van der Waals surface area (Å²) in [6.07, 6.45) is 0. The number of benzene rings is 3. The number of carbonyl (C=O) groups excluding carboxylic acids is 1. The van der Waals surface area contributed by atoms with Crippen molar-refractivity contribution < 1.29 is 56.1 Å². The van der Waals surface area contributed by atoms with Gasteiger partial charge in [-0.05, 0) is 48.5 Å². The monoisotopic (exact) mass is 472 g/mol. The Labute approximate surface area is 192 Å². The summed E-state index contributed by atoms with van der Waals surface area (Å²) < 4.78 is 31.7. The molecular weight excluding hydrogens is 455 g/mol. The zero-order valence-electron chi connectivity index (χ0n) is 15.5. The fourth-order valence-electron chi connectivity index (χ4n) is 2.43. The molecule has 144 valence electrons. The van der Waals surface area contributed by atoms with Crippen LogP contribution in [0.4, 0.5) is 20.2 Å². The number of phenols is 1. The number of hydrogen-bond donors (Lipinski definition) is 3. The minimum Gasteiger partial charge on any atom is -0.531 e. The molecule has 1 amide bonds. The number of aryl methyl sites for hydroxylation is 1. The number of anilines is 2. The molecule has 0 aliphatic heterocycles. The van der Waals surface area contributed by atoms with Gasteiger partial charge in [0.05, 0.1) is 0 Å². The topological polar surface area (TPSA) is 70.6 Å². The van der Waals surface area contributed by atoms with Crippen LogP contribution in [0.25, 0.3) is 0 Å². The summed E-state index contributed by atoms with van der Waals surface area (Å²) in [5, 5.41) is 15.5. The summed E-state index contributed by atoms with van der Waals surface area (Å²) in [5.74, 6) is -2.26. The van der Waals surface area contributed by atoms with Crippen LogP contribution in [0.5, 0.6) is 11.5 Å². The molecule has 3 N–H and O–H groups in total. The first kappa shape index (κ1) is 22.8. The van der Waals surface area contributed by atoms with E-state index in [4.69, 9.17) is 4.74 Å². The molecule has 3 rings (SSSR count). The summed E-state index contributed by atoms with van der Waals surface area (Å²) in [4.78, 5) is 12.1. The van der Waals surface area contributed by atoms with Crippen LogP contribution in [-0.4, -0.2) is 17.7 Å². The fraction of sp³-hybridized carbons (Fsp3) is 0.0952. The Balaban J connectivity index is 0.00000300. The van der Waals surface area contributed by atoms with E-state index in [1.807, 2.05) is 31.2 Å². The maximum atomic E-state index is 13.2. The number of ether oxygens (including phenoxy) is 1. The van der Waals surface area contributed by atoms with Gasteiger partial charge in [-0.1, -0.05) is 17.8 Å². The quantitative estimate of drug-likeness (QED) is 0.281. The van der Waals surface area contributed by atoms with Gasteiger partial charge in [0.2, 0.25) is 0 Å². The van der Waals surface area contributed by atoms with Gasteiger partial charge >= 0.3 is 32.7 Å². The molecule has 0 fully saturated rings. The van der Waals surface area contributed by atoms with Crippen LogP contribution < -0.4 is 15.4 Å². The van der Waals surface area contributed by atoms with E-state index in [0.717, 1.165) is 23.8 Å². The van der Waals surface area contributed by atoms with Gasteiger partial charge in [-0.15, -0.1) is 12.1 Å². The standard InChI is InChI=1S/C21H17F2N2O3.Y/c1-13-3-2-4-16(9-13)28-12-24-19-8-6-15(11-20(19)26)25-21(27)14-5-7-17(22)18(23)10-14;/h2-5,7-11,24,26H,12H2,1H3,(H,25,27);/q-1;+3. The molecule has 0 radical (unpaired) electrons. The van der Waals surface area contributed by atoms with Gasteiger partial charge in [-0.2, -0.15) is 6.07 Å². The minimum absolute atomic E-state index is 0. The number of nitrogens with one attached hydrogen (secondary N) is 2. The minimum atomic E-state index is -1.12. The average Bonchev–Trinajstić information content (AvgIpc) is 2.66. The van der Waals surface area contributed by atoms with Crippen molar-refractivity contribution in [3.05, 3.63) is 83.4 Å². The predicted molar refractivity (Wildman–Crippen MR) is 102 cm³/mol. The largest absolute Gasteiger partial charge is 3.00 e. The zero-order valence-corrected chi connectivity index (χ0v) is 18.3. The first-order chi connectivity index (χ1) is 13.4. The molecule has 0 unspecified atom stereocenters. The summed E-state index contributed by atoms with van der Waals surface area (Å²) in [5.41, 5.74) is 1.55. The molecule has 0 atom stereocenters. The maximum Gasteiger partial charge on any atom is 3.00 e. The molecule has 0 aliphatic carbocycles. The van der Waals surface area contributed by atoms with Crippen molar-refractivity contribution in [2.75, 3.05) is 17.4 Å². The van der Waals surface area contributed by atoms with Crippen molar-refractivity contribution in [3.8, 4) is 11.5 Å². The van der Waals surface area contributed by atoms with E-state index in [-0.39, 0.29) is 56.4 Å². The van der Waals surface area contributed by atoms with E-state index in [1.165, 1.54) is 12.1 Å². The molecule has 5 nitrogen and oxygen atoms in total. The van der Waals surface area contributed by atoms with Crippen LogP contribution in [0.1, 0.15) is 15.9 Å². The fourth-order valence-corrected chi connectivity index (χ4v) is 2.43. The van der Waals surface area contributed by atoms with Crippen molar-refractivity contribution in [2.24, 2.45) is 0 Å². The number of carbonyl (C=O) groups is 1. The van der Waals surface area contributed by atoms with Crippen LogP contribution in [0.3, 0.4) is 0 Å². The van der Waals surface area contributed by atoms with Crippen molar-refractivity contribution in [1.29, 1.82) is 0 Å². The number of hydrogen-bond acceptors (Lipinski definition) is 4. The predicted octanol–water partition coefficient (Wildman–Crippen LogP) is 4.48. The number of phenolic OH excluding ortho intramolecular Hbond substituents is 1.